The molecule has 0 saturated carbocycles. The molecule has 1 atom stereocenters. The molecule has 6 heteroatoms. The van der Waals surface area contributed by atoms with Crippen LogP contribution >= 0.6 is 0 Å². The van der Waals surface area contributed by atoms with Crippen LogP contribution in [0.1, 0.15) is 12.5 Å². The molecule has 0 bridgehead atoms. The van der Waals surface area contributed by atoms with E-state index in [2.05, 4.69) is 16.0 Å². The number of carbonyl (C=O) groups excluding carboxylic acids is 2. The predicted molar refractivity (Wildman–Crippen MR) is 74.3 cm³/mol. The van der Waals surface area contributed by atoms with Crippen LogP contribution in [-0.4, -0.2) is 37.6 Å². The van der Waals surface area contributed by atoms with Crippen LogP contribution in [0.25, 0.3) is 0 Å². The van der Waals surface area contributed by atoms with Crippen molar-refractivity contribution in [2.45, 2.75) is 19.5 Å². The minimum absolute atomic E-state index is 0.0848. The second kappa shape index (κ2) is 6.91. The summed E-state index contributed by atoms with van der Waals surface area (Å²) in [6, 6.07) is 7.24. The van der Waals surface area contributed by atoms with Gasteiger partial charge in [-0.25, -0.2) is 0 Å². The zero-order valence-electron chi connectivity index (χ0n) is 11.4. The standard InChI is InChI=1S/C14H19N3O3/c1-2-20-11-5-3-4-10(6-11)7-17-14(19)12-8-16-13(18)9-15-12/h3-6,12,15H,2,7-9H2,1H3,(H,16,18)(H,17,19). The maximum Gasteiger partial charge on any atom is 0.239 e. The highest BCUT2D eigenvalue weighted by Crippen LogP contribution is 2.12. The van der Waals surface area contributed by atoms with E-state index in [1.54, 1.807) is 0 Å². The van der Waals surface area contributed by atoms with Crippen molar-refractivity contribution in [3.63, 3.8) is 0 Å². The molecular formula is C14H19N3O3. The fourth-order valence-electron chi connectivity index (χ4n) is 1.98. The molecule has 6 nitrogen and oxygen atoms in total. The Kier molecular flexibility index (Phi) is 4.95. The van der Waals surface area contributed by atoms with Crippen LogP contribution in [0, 0.1) is 0 Å². The van der Waals surface area contributed by atoms with Gasteiger partial charge in [0.25, 0.3) is 0 Å². The van der Waals surface area contributed by atoms with Crippen LogP contribution < -0.4 is 20.7 Å². The lowest BCUT2D eigenvalue weighted by molar-refractivity contribution is -0.126. The van der Waals surface area contributed by atoms with Crippen LogP contribution in [0.2, 0.25) is 0 Å². The smallest absolute Gasteiger partial charge is 0.239 e. The molecule has 0 aromatic heterocycles. The highest BCUT2D eigenvalue weighted by molar-refractivity contribution is 5.86. The first kappa shape index (κ1) is 14.3. The number of benzene rings is 1. The molecule has 0 aliphatic carbocycles. The molecule has 1 aromatic carbocycles. The van der Waals surface area contributed by atoms with Crippen molar-refractivity contribution >= 4 is 11.8 Å². The van der Waals surface area contributed by atoms with Gasteiger partial charge in [0.2, 0.25) is 11.8 Å². The number of rotatable bonds is 5. The summed E-state index contributed by atoms with van der Waals surface area (Å²) in [6.07, 6.45) is 0. The summed E-state index contributed by atoms with van der Waals surface area (Å²) < 4.78 is 5.41. The third-order valence-electron chi connectivity index (χ3n) is 3.01. The van der Waals surface area contributed by atoms with Crippen LogP contribution in [0.15, 0.2) is 24.3 Å². The number of nitrogens with one attached hydrogen (secondary N) is 3. The number of hydrogen-bond acceptors (Lipinski definition) is 4. The summed E-state index contributed by atoms with van der Waals surface area (Å²) in [5.74, 6) is 0.590. The third-order valence-corrected chi connectivity index (χ3v) is 3.01. The van der Waals surface area contributed by atoms with Crippen LogP contribution in [-0.2, 0) is 16.1 Å². The fraction of sp³-hybridized carbons (Fsp3) is 0.429. The first-order chi connectivity index (χ1) is 9.69. The van der Waals surface area contributed by atoms with E-state index in [9.17, 15) is 9.59 Å². The van der Waals surface area contributed by atoms with Gasteiger partial charge in [-0.15, -0.1) is 0 Å². The number of hydrogen-bond donors (Lipinski definition) is 3. The average Bonchev–Trinajstić information content (AvgIpc) is 2.46. The second-order valence-electron chi connectivity index (χ2n) is 4.54. The molecule has 20 heavy (non-hydrogen) atoms. The molecule has 2 rings (SSSR count). The largest absolute Gasteiger partial charge is 0.494 e. The monoisotopic (exact) mass is 277 g/mol. The number of carbonyl (C=O) groups is 2. The molecular weight excluding hydrogens is 258 g/mol. The Hall–Kier alpha value is -2.08. The van der Waals surface area contributed by atoms with E-state index in [0.717, 1.165) is 11.3 Å². The van der Waals surface area contributed by atoms with Gasteiger partial charge in [0, 0.05) is 13.1 Å². The Morgan fingerprint density at radius 2 is 2.35 bits per heavy atom. The van der Waals surface area contributed by atoms with Crippen molar-refractivity contribution in [1.29, 1.82) is 0 Å². The number of piperazine rings is 1. The summed E-state index contributed by atoms with van der Waals surface area (Å²) in [6.45, 7) is 3.48. The maximum absolute atomic E-state index is 11.9. The number of amides is 2. The second-order valence-corrected chi connectivity index (χ2v) is 4.54. The first-order valence-electron chi connectivity index (χ1n) is 6.68. The third kappa shape index (κ3) is 3.96. The van der Waals surface area contributed by atoms with Gasteiger partial charge in [0.05, 0.1) is 13.2 Å². The lowest BCUT2D eigenvalue weighted by Gasteiger charge is -2.23. The first-order valence-corrected chi connectivity index (χ1v) is 6.68. The SMILES string of the molecule is CCOc1cccc(CNC(=O)C2CNC(=O)CN2)c1. The maximum atomic E-state index is 11.9. The predicted octanol–water partition coefficient (Wildman–Crippen LogP) is -0.210. The van der Waals surface area contributed by atoms with Crippen molar-refractivity contribution in [1.82, 2.24) is 16.0 Å². The van der Waals surface area contributed by atoms with E-state index in [-0.39, 0.29) is 24.4 Å². The molecule has 1 aliphatic heterocycles. The minimum Gasteiger partial charge on any atom is -0.494 e. The summed E-state index contributed by atoms with van der Waals surface area (Å²) in [5.41, 5.74) is 0.976. The van der Waals surface area contributed by atoms with E-state index < -0.39 is 0 Å². The summed E-state index contributed by atoms with van der Waals surface area (Å²) >= 11 is 0. The van der Waals surface area contributed by atoms with E-state index in [1.807, 2.05) is 31.2 Å². The van der Waals surface area contributed by atoms with Crippen molar-refractivity contribution in [2.75, 3.05) is 19.7 Å². The number of ether oxygens (including phenoxy) is 1. The Labute approximate surface area is 117 Å². The zero-order chi connectivity index (χ0) is 14.4. The Balaban J connectivity index is 1.83. The fourth-order valence-corrected chi connectivity index (χ4v) is 1.98. The quantitative estimate of drug-likeness (QED) is 0.696. The van der Waals surface area contributed by atoms with Crippen molar-refractivity contribution < 1.29 is 14.3 Å². The van der Waals surface area contributed by atoms with E-state index in [1.165, 1.54) is 0 Å². The molecule has 1 aliphatic rings. The van der Waals surface area contributed by atoms with Gasteiger partial charge in [0.1, 0.15) is 11.8 Å². The van der Waals surface area contributed by atoms with Crippen molar-refractivity contribution in [2.24, 2.45) is 0 Å². The van der Waals surface area contributed by atoms with Crippen molar-refractivity contribution in [3.8, 4) is 5.75 Å². The molecule has 3 N–H and O–H groups in total. The van der Waals surface area contributed by atoms with Crippen LogP contribution in [0.3, 0.4) is 0 Å². The van der Waals surface area contributed by atoms with Crippen LogP contribution in [0.5, 0.6) is 5.75 Å². The van der Waals surface area contributed by atoms with Gasteiger partial charge in [-0.2, -0.15) is 0 Å². The molecule has 0 radical (unpaired) electrons. The summed E-state index contributed by atoms with van der Waals surface area (Å²) in [5, 5.41) is 8.39. The van der Waals surface area contributed by atoms with Crippen molar-refractivity contribution in [3.05, 3.63) is 29.8 Å². The van der Waals surface area contributed by atoms with E-state index in [0.29, 0.717) is 19.7 Å². The summed E-state index contributed by atoms with van der Waals surface area (Å²) in [4.78, 5) is 22.9. The van der Waals surface area contributed by atoms with Gasteiger partial charge in [-0.3, -0.25) is 14.9 Å². The molecule has 1 heterocycles. The summed E-state index contributed by atoms with van der Waals surface area (Å²) in [7, 11) is 0. The molecule has 1 aromatic rings. The Bertz CT molecular complexity index is 480. The topological polar surface area (TPSA) is 79.5 Å². The lowest BCUT2D eigenvalue weighted by Crippen LogP contribution is -2.57. The normalized spacial score (nSPS) is 18.2. The van der Waals surface area contributed by atoms with Gasteiger partial charge in [-0.1, -0.05) is 12.1 Å². The minimum atomic E-state index is -0.372. The molecule has 1 unspecified atom stereocenters. The van der Waals surface area contributed by atoms with Gasteiger partial charge >= 0.3 is 0 Å². The Morgan fingerprint density at radius 3 is 3.05 bits per heavy atom. The highest BCUT2D eigenvalue weighted by Gasteiger charge is 2.23. The molecule has 1 saturated heterocycles. The van der Waals surface area contributed by atoms with Crippen LogP contribution in [0.4, 0.5) is 0 Å². The molecule has 1 fully saturated rings. The van der Waals surface area contributed by atoms with E-state index in [4.69, 9.17) is 4.74 Å². The van der Waals surface area contributed by atoms with E-state index >= 15 is 0 Å². The molecule has 2 amide bonds. The molecule has 108 valence electrons. The average molecular weight is 277 g/mol. The lowest BCUT2D eigenvalue weighted by atomic mass is 10.2. The highest BCUT2D eigenvalue weighted by atomic mass is 16.5. The Morgan fingerprint density at radius 1 is 1.50 bits per heavy atom. The van der Waals surface area contributed by atoms with Gasteiger partial charge < -0.3 is 15.4 Å². The molecule has 0 spiro atoms. The zero-order valence-corrected chi connectivity index (χ0v) is 11.4. The van der Waals surface area contributed by atoms with Gasteiger partial charge in [-0.05, 0) is 24.6 Å². The van der Waals surface area contributed by atoms with Gasteiger partial charge in [0.15, 0.2) is 0 Å².